The number of thiazole rings is 1. The number of pyridine rings is 1. The Morgan fingerprint density at radius 3 is 2.40 bits per heavy atom. The number of ether oxygens (including phenoxy) is 1. The number of hydrogen-bond acceptors (Lipinski definition) is 15. The molecule has 0 aliphatic carbocycles. The highest BCUT2D eigenvalue weighted by Gasteiger charge is 2.58. The first-order valence-electron chi connectivity index (χ1n) is 15.9. The van der Waals surface area contributed by atoms with Crippen molar-refractivity contribution in [2.45, 2.75) is 56.8 Å². The third kappa shape index (κ3) is 10.4. The summed E-state index contributed by atoms with van der Waals surface area (Å²) in [7, 11) is -3.26. The van der Waals surface area contributed by atoms with Gasteiger partial charge in [0.05, 0.1) is 18.8 Å². The van der Waals surface area contributed by atoms with Crippen molar-refractivity contribution < 1.29 is 55.7 Å². The summed E-state index contributed by atoms with van der Waals surface area (Å²) >= 11 is 0.945. The molecule has 3 aromatic rings. The molecule has 3 heterocycles. The van der Waals surface area contributed by atoms with Crippen LogP contribution in [0, 0.1) is 0 Å². The molecule has 1 aromatic carbocycles. The van der Waals surface area contributed by atoms with E-state index in [0.29, 0.717) is 23.8 Å². The average Bonchev–Trinajstić information content (AvgIpc) is 3.53. The van der Waals surface area contributed by atoms with Gasteiger partial charge in [-0.05, 0) is 57.0 Å². The largest absolute Gasteiger partial charge is 0.489 e. The molecule has 4 rings (SSSR count). The maximum absolute atomic E-state index is 13.3. The van der Waals surface area contributed by atoms with E-state index < -0.39 is 64.2 Å². The van der Waals surface area contributed by atoms with E-state index in [-0.39, 0.29) is 22.5 Å². The zero-order valence-electron chi connectivity index (χ0n) is 28.8. The summed E-state index contributed by atoms with van der Waals surface area (Å²) in [6.07, 6.45) is 2.16. The van der Waals surface area contributed by atoms with Gasteiger partial charge in [-0.15, -0.1) is 15.6 Å². The number of carboxylic acid groups (broad SMARTS) is 1. The van der Waals surface area contributed by atoms with Crippen LogP contribution in [0.25, 0.3) is 11.1 Å². The Bertz CT molecular complexity index is 1970. The number of carbonyl (C=O) groups excluding carboxylic acids is 3. The molecule has 286 valence electrons. The van der Waals surface area contributed by atoms with Gasteiger partial charge in [-0.1, -0.05) is 23.7 Å². The Labute approximate surface area is 307 Å². The molecule has 2 aromatic heterocycles. The van der Waals surface area contributed by atoms with Gasteiger partial charge in [-0.2, -0.15) is 13.5 Å². The molecule has 1 aliphatic heterocycles. The molecule has 0 bridgehead atoms. The van der Waals surface area contributed by atoms with Gasteiger partial charge in [-0.25, -0.2) is 24.5 Å². The lowest BCUT2D eigenvalue weighted by Gasteiger charge is -2.50. The van der Waals surface area contributed by atoms with Crippen molar-refractivity contribution in [3.8, 4) is 16.9 Å². The van der Waals surface area contributed by atoms with Crippen LogP contribution in [-0.2, 0) is 45.7 Å². The van der Waals surface area contributed by atoms with E-state index in [1.165, 1.54) is 19.2 Å². The zero-order chi connectivity index (χ0) is 39.1. The van der Waals surface area contributed by atoms with E-state index in [1.54, 1.807) is 41.9 Å². The lowest BCUT2D eigenvalue weighted by Crippen LogP contribution is -2.76. The predicted molar refractivity (Wildman–Crippen MR) is 189 cm³/mol. The molecule has 53 heavy (non-hydrogen) atoms. The maximum atomic E-state index is 13.3. The number of amides is 3. The molecular formula is C31H40N9O11S2+. The van der Waals surface area contributed by atoms with Crippen LogP contribution in [-0.4, -0.2) is 94.4 Å². The fourth-order valence-electron chi connectivity index (χ4n) is 4.97. The molecule has 3 atom stereocenters. The molecule has 0 saturated carbocycles. The number of carbonyl (C=O) groups is 4. The first-order valence-corrected chi connectivity index (χ1v) is 18.1. The molecule has 1 aliphatic rings. The van der Waals surface area contributed by atoms with Crippen LogP contribution < -0.4 is 37.1 Å². The number of unbranched alkanes of at least 4 members (excludes halogenated alkanes) is 1. The Morgan fingerprint density at radius 1 is 1.15 bits per heavy atom. The second-order valence-electron chi connectivity index (χ2n) is 12.3. The number of nitrogens with one attached hydrogen (secondary N) is 2. The van der Waals surface area contributed by atoms with Gasteiger partial charge in [0.1, 0.15) is 30.1 Å². The van der Waals surface area contributed by atoms with Crippen molar-refractivity contribution in [3.63, 3.8) is 0 Å². The average molecular weight is 779 g/mol. The molecule has 3 amide bonds. The van der Waals surface area contributed by atoms with Crippen molar-refractivity contribution in [2.24, 2.45) is 23.7 Å². The van der Waals surface area contributed by atoms with Crippen LogP contribution in [0.4, 0.5) is 10.9 Å². The van der Waals surface area contributed by atoms with E-state index in [1.807, 2.05) is 12.3 Å². The number of nitrogens with two attached hydrogens (primary N) is 3. The van der Waals surface area contributed by atoms with Gasteiger partial charge in [0.25, 0.3) is 23.7 Å². The lowest BCUT2D eigenvalue weighted by molar-refractivity contribution is -0.656. The van der Waals surface area contributed by atoms with E-state index in [9.17, 15) is 32.7 Å². The number of hydroxylamine groups is 2. The monoisotopic (exact) mass is 778 g/mol. The number of anilines is 2. The summed E-state index contributed by atoms with van der Waals surface area (Å²) in [6, 6.07) is 8.25. The first-order chi connectivity index (χ1) is 24.9. The number of β-lactam (4-membered cyclic amide) rings is 1. The highest BCUT2D eigenvalue weighted by Crippen LogP contribution is 2.33. The molecule has 0 spiro atoms. The number of oxime groups is 1. The van der Waals surface area contributed by atoms with Gasteiger partial charge in [-0.3, -0.25) is 14.1 Å². The van der Waals surface area contributed by atoms with Gasteiger partial charge in [0.2, 0.25) is 0 Å². The molecule has 1 fully saturated rings. The molecule has 0 radical (unpaired) electrons. The Balaban J connectivity index is 1.40. The highest BCUT2D eigenvalue weighted by atomic mass is 32.3. The second-order valence-corrected chi connectivity index (χ2v) is 14.2. The molecule has 1 saturated heterocycles. The van der Waals surface area contributed by atoms with Gasteiger partial charge in [0.15, 0.2) is 10.8 Å². The fraction of sp³-hybridized carbons (Fsp3) is 0.387. The summed E-state index contributed by atoms with van der Waals surface area (Å²) in [5.41, 5.74) is 16.7. The summed E-state index contributed by atoms with van der Waals surface area (Å²) in [5.74, 6) is -2.99. The Kier molecular flexibility index (Phi) is 13.0. The predicted octanol–water partition coefficient (Wildman–Crippen LogP) is -0.295. The van der Waals surface area contributed by atoms with Crippen molar-refractivity contribution in [1.82, 2.24) is 15.4 Å². The van der Waals surface area contributed by atoms with Gasteiger partial charge < -0.3 is 37.2 Å². The Hall–Kier alpha value is -5.26. The quantitative estimate of drug-likeness (QED) is 0.0218. The minimum Gasteiger partial charge on any atom is -0.489 e. The number of rotatable bonds is 18. The maximum Gasteiger partial charge on any atom is 0.418 e. The van der Waals surface area contributed by atoms with Crippen molar-refractivity contribution >= 4 is 62.1 Å². The van der Waals surface area contributed by atoms with Crippen LogP contribution in [0.1, 0.15) is 38.8 Å². The van der Waals surface area contributed by atoms with Gasteiger partial charge in [0, 0.05) is 17.0 Å². The van der Waals surface area contributed by atoms with E-state index >= 15 is 0 Å². The highest BCUT2D eigenvalue weighted by molar-refractivity contribution is 7.80. The number of aromatic nitrogens is 2. The number of hydrogen-bond donors (Lipinski definition) is 7. The minimum absolute atomic E-state index is 0.0424. The molecular weight excluding hydrogens is 739 g/mol. The standard InChI is InChI=1S/C31H39N9O11S2/c1-31(2)25(28(43)40(31)51-53(46,47)48)37-27(42)24(21-16-52-30(34)35-21)38-50-22(29(44)45)15-49-19-10-7-17(8-11-19)18-9-12-23(39(3)14-18)36-26(41)20(33)6-4-5-13-32/h7-12,14,16,20,22,25H,4-6,13,15,32-33H2,1-3H3,(H5,34,35,37,42,44,45,46,47,48)/p+1/b38-24-/t20-,22-,25+/m0/s1. The number of nitrogens with zero attached hydrogens (tertiary/aromatic N) is 4. The van der Waals surface area contributed by atoms with Crippen molar-refractivity contribution in [2.75, 3.05) is 24.2 Å². The molecule has 10 N–H and O–H groups in total. The fourth-order valence-corrected chi connectivity index (χ4v) is 5.97. The van der Waals surface area contributed by atoms with Crippen LogP contribution in [0.2, 0.25) is 0 Å². The second kappa shape index (κ2) is 17.0. The van der Waals surface area contributed by atoms with Crippen LogP contribution in [0.5, 0.6) is 5.75 Å². The molecule has 22 heteroatoms. The summed E-state index contributed by atoms with van der Waals surface area (Å²) in [4.78, 5) is 59.5. The SMILES string of the molecule is C[n+]1cc(-c2ccc(OC[C@H](O/N=C(\C(=O)N[C@@H]3C(=O)N(OS(=O)(=O)O)C3(C)C)c3csc(N)n3)C(=O)O)cc2)ccc1NC(=O)[C@@H](N)CCCCN. The molecule has 20 nitrogen and oxygen atoms in total. The number of carboxylic acids is 1. The zero-order valence-corrected chi connectivity index (χ0v) is 30.4. The number of aliphatic carboxylic acids is 1. The topological polar surface area (TPSA) is 305 Å². The third-order valence-corrected chi connectivity index (χ3v) is 8.94. The lowest BCUT2D eigenvalue weighted by atomic mass is 9.84. The summed E-state index contributed by atoms with van der Waals surface area (Å²) in [5, 5.41) is 20.4. The van der Waals surface area contributed by atoms with E-state index in [2.05, 4.69) is 25.1 Å². The van der Waals surface area contributed by atoms with Crippen molar-refractivity contribution in [3.05, 3.63) is 53.7 Å². The van der Waals surface area contributed by atoms with Crippen LogP contribution >= 0.6 is 11.3 Å². The van der Waals surface area contributed by atoms with Crippen LogP contribution in [0.3, 0.4) is 0 Å². The number of aryl methyl sites for hydroxylation is 1. The minimum atomic E-state index is -5.03. The molecule has 0 unspecified atom stereocenters. The Morgan fingerprint density at radius 2 is 1.83 bits per heavy atom. The number of benzene rings is 1. The van der Waals surface area contributed by atoms with Crippen LogP contribution in [0.15, 0.2) is 53.1 Å². The smallest absolute Gasteiger partial charge is 0.418 e. The van der Waals surface area contributed by atoms with E-state index in [0.717, 1.165) is 35.3 Å². The first kappa shape index (κ1) is 40.5. The van der Waals surface area contributed by atoms with E-state index in [4.69, 9.17) is 31.3 Å². The third-order valence-electron chi connectivity index (χ3n) is 7.93. The summed E-state index contributed by atoms with van der Waals surface area (Å²) < 4.78 is 42.9. The summed E-state index contributed by atoms with van der Waals surface area (Å²) in [6.45, 7) is 2.70. The number of nitrogen functional groups attached to an aromatic ring is 1. The van der Waals surface area contributed by atoms with Gasteiger partial charge >= 0.3 is 22.3 Å². The normalized spacial score (nSPS) is 16.6. The van der Waals surface area contributed by atoms with Crippen molar-refractivity contribution in [1.29, 1.82) is 0 Å².